The standard InChI is InChI=1S/C9H9NO/c11-8-3-4-9-7(6-8)2-1-5-10-9/h1,3-6,10-11H,2H2. The van der Waals surface area contributed by atoms with Gasteiger partial charge in [0.2, 0.25) is 0 Å². The van der Waals surface area contributed by atoms with Gasteiger partial charge >= 0.3 is 0 Å². The molecular weight excluding hydrogens is 138 g/mol. The van der Waals surface area contributed by atoms with Crippen LogP contribution >= 0.6 is 0 Å². The number of hydrogen-bond donors (Lipinski definition) is 2. The summed E-state index contributed by atoms with van der Waals surface area (Å²) in [7, 11) is 0. The molecule has 0 fully saturated rings. The van der Waals surface area contributed by atoms with Crippen LogP contribution in [0.2, 0.25) is 0 Å². The summed E-state index contributed by atoms with van der Waals surface area (Å²) in [4.78, 5) is 0. The van der Waals surface area contributed by atoms with Crippen molar-refractivity contribution in [1.82, 2.24) is 0 Å². The fourth-order valence-corrected chi connectivity index (χ4v) is 1.22. The highest BCUT2D eigenvalue weighted by Crippen LogP contribution is 2.24. The Labute approximate surface area is 65.2 Å². The van der Waals surface area contributed by atoms with Crippen LogP contribution < -0.4 is 5.32 Å². The van der Waals surface area contributed by atoms with Crippen LogP contribution in [0.15, 0.2) is 30.5 Å². The maximum Gasteiger partial charge on any atom is 0.116 e. The Morgan fingerprint density at radius 1 is 1.36 bits per heavy atom. The number of rotatable bonds is 0. The number of fused-ring (bicyclic) bond motifs is 1. The number of allylic oxidation sites excluding steroid dienone is 1. The molecule has 0 spiro atoms. The Morgan fingerprint density at radius 2 is 2.27 bits per heavy atom. The van der Waals surface area contributed by atoms with E-state index in [0.29, 0.717) is 5.75 Å². The molecule has 0 atom stereocenters. The summed E-state index contributed by atoms with van der Waals surface area (Å²) < 4.78 is 0. The van der Waals surface area contributed by atoms with E-state index in [9.17, 15) is 0 Å². The van der Waals surface area contributed by atoms with Crippen LogP contribution in [0, 0.1) is 0 Å². The SMILES string of the molecule is Oc1ccc2c(c1)CC=CN2. The summed E-state index contributed by atoms with van der Waals surface area (Å²) >= 11 is 0. The van der Waals surface area contributed by atoms with Crippen LogP contribution in [-0.2, 0) is 6.42 Å². The summed E-state index contributed by atoms with van der Waals surface area (Å²) in [6.07, 6.45) is 4.85. The summed E-state index contributed by atoms with van der Waals surface area (Å²) in [5, 5.41) is 12.2. The predicted molar refractivity (Wildman–Crippen MR) is 44.6 cm³/mol. The van der Waals surface area contributed by atoms with E-state index < -0.39 is 0 Å². The lowest BCUT2D eigenvalue weighted by atomic mass is 10.1. The van der Waals surface area contributed by atoms with Gasteiger partial charge in [0.1, 0.15) is 5.75 Å². The highest BCUT2D eigenvalue weighted by Gasteiger charge is 2.03. The highest BCUT2D eigenvalue weighted by molar-refractivity contribution is 5.58. The molecular formula is C9H9NO. The molecule has 0 radical (unpaired) electrons. The van der Waals surface area contributed by atoms with Gasteiger partial charge in [0.25, 0.3) is 0 Å². The molecule has 0 aromatic heterocycles. The molecule has 1 aromatic carbocycles. The van der Waals surface area contributed by atoms with Crippen molar-refractivity contribution in [3.05, 3.63) is 36.0 Å². The van der Waals surface area contributed by atoms with E-state index in [2.05, 4.69) is 5.32 Å². The zero-order chi connectivity index (χ0) is 7.68. The Balaban J connectivity index is 2.48. The molecule has 0 bridgehead atoms. The van der Waals surface area contributed by atoms with Crippen molar-refractivity contribution in [1.29, 1.82) is 0 Å². The second kappa shape index (κ2) is 2.31. The van der Waals surface area contributed by atoms with Gasteiger partial charge in [0.15, 0.2) is 0 Å². The third kappa shape index (κ3) is 1.07. The topological polar surface area (TPSA) is 32.3 Å². The Hall–Kier alpha value is -1.44. The summed E-state index contributed by atoms with van der Waals surface area (Å²) in [6.45, 7) is 0. The quantitative estimate of drug-likeness (QED) is 0.549. The van der Waals surface area contributed by atoms with E-state index in [1.807, 2.05) is 18.3 Å². The molecule has 2 nitrogen and oxygen atoms in total. The van der Waals surface area contributed by atoms with E-state index in [0.717, 1.165) is 17.7 Å². The number of phenolic OH excluding ortho intramolecular Hbond substituents is 1. The molecule has 11 heavy (non-hydrogen) atoms. The first-order valence-electron chi connectivity index (χ1n) is 3.60. The zero-order valence-electron chi connectivity index (χ0n) is 6.04. The van der Waals surface area contributed by atoms with Crippen molar-refractivity contribution in [3.63, 3.8) is 0 Å². The van der Waals surface area contributed by atoms with Crippen LogP contribution in [0.25, 0.3) is 0 Å². The summed E-state index contributed by atoms with van der Waals surface area (Å²) in [6, 6.07) is 5.35. The van der Waals surface area contributed by atoms with Gasteiger partial charge in [-0.2, -0.15) is 0 Å². The van der Waals surface area contributed by atoms with E-state index in [1.54, 1.807) is 12.1 Å². The number of benzene rings is 1. The fourth-order valence-electron chi connectivity index (χ4n) is 1.22. The minimum atomic E-state index is 0.334. The molecule has 2 heteroatoms. The molecule has 0 saturated carbocycles. The van der Waals surface area contributed by atoms with E-state index in [1.165, 1.54) is 0 Å². The summed E-state index contributed by atoms with van der Waals surface area (Å²) in [5.41, 5.74) is 2.23. The Morgan fingerprint density at radius 3 is 3.18 bits per heavy atom. The van der Waals surface area contributed by atoms with E-state index >= 15 is 0 Å². The number of anilines is 1. The monoisotopic (exact) mass is 147 g/mol. The lowest BCUT2D eigenvalue weighted by Gasteiger charge is -2.11. The van der Waals surface area contributed by atoms with Gasteiger partial charge in [-0.1, -0.05) is 6.08 Å². The van der Waals surface area contributed by atoms with Crippen LogP contribution in [0.4, 0.5) is 5.69 Å². The largest absolute Gasteiger partial charge is 0.508 e. The van der Waals surface area contributed by atoms with E-state index in [4.69, 9.17) is 5.11 Å². The van der Waals surface area contributed by atoms with Gasteiger partial charge in [-0.15, -0.1) is 0 Å². The normalized spacial score (nSPS) is 13.8. The molecule has 1 heterocycles. The number of aromatic hydroxyl groups is 1. The molecule has 2 rings (SSSR count). The van der Waals surface area contributed by atoms with Crippen molar-refractivity contribution >= 4 is 5.69 Å². The van der Waals surface area contributed by atoms with E-state index in [-0.39, 0.29) is 0 Å². The summed E-state index contributed by atoms with van der Waals surface area (Å²) in [5.74, 6) is 0.334. The maximum atomic E-state index is 9.14. The maximum absolute atomic E-state index is 9.14. The second-order valence-electron chi connectivity index (χ2n) is 2.59. The minimum Gasteiger partial charge on any atom is -0.508 e. The number of nitrogens with one attached hydrogen (secondary N) is 1. The molecule has 0 unspecified atom stereocenters. The average Bonchev–Trinajstić information content (AvgIpc) is 2.04. The third-order valence-corrected chi connectivity index (χ3v) is 1.78. The first-order chi connectivity index (χ1) is 5.36. The van der Waals surface area contributed by atoms with Gasteiger partial charge in [0.05, 0.1) is 0 Å². The molecule has 0 amide bonds. The van der Waals surface area contributed by atoms with Crippen molar-refractivity contribution in [2.45, 2.75) is 6.42 Å². The van der Waals surface area contributed by atoms with Gasteiger partial charge in [-0.25, -0.2) is 0 Å². The van der Waals surface area contributed by atoms with Crippen molar-refractivity contribution in [2.24, 2.45) is 0 Å². The number of phenols is 1. The first-order valence-corrected chi connectivity index (χ1v) is 3.60. The Kier molecular flexibility index (Phi) is 1.32. The van der Waals surface area contributed by atoms with Gasteiger partial charge < -0.3 is 10.4 Å². The van der Waals surface area contributed by atoms with Crippen molar-refractivity contribution in [3.8, 4) is 5.75 Å². The highest BCUT2D eigenvalue weighted by atomic mass is 16.3. The first kappa shape index (κ1) is 6.28. The third-order valence-electron chi connectivity index (χ3n) is 1.78. The van der Waals surface area contributed by atoms with Crippen LogP contribution in [-0.4, -0.2) is 5.11 Å². The Bertz CT molecular complexity index is 304. The van der Waals surface area contributed by atoms with Crippen molar-refractivity contribution in [2.75, 3.05) is 5.32 Å². The van der Waals surface area contributed by atoms with Gasteiger partial charge in [-0.3, -0.25) is 0 Å². The lowest BCUT2D eigenvalue weighted by molar-refractivity contribution is 0.475. The average molecular weight is 147 g/mol. The smallest absolute Gasteiger partial charge is 0.116 e. The van der Waals surface area contributed by atoms with Crippen LogP contribution in [0.5, 0.6) is 5.75 Å². The molecule has 1 aliphatic heterocycles. The van der Waals surface area contributed by atoms with Crippen LogP contribution in [0.1, 0.15) is 5.56 Å². The lowest BCUT2D eigenvalue weighted by Crippen LogP contribution is -1.98. The molecule has 2 N–H and O–H groups in total. The van der Waals surface area contributed by atoms with Gasteiger partial charge in [-0.05, 0) is 36.4 Å². The molecule has 0 saturated heterocycles. The fraction of sp³-hybridized carbons (Fsp3) is 0.111. The van der Waals surface area contributed by atoms with Crippen molar-refractivity contribution < 1.29 is 5.11 Å². The zero-order valence-corrected chi connectivity index (χ0v) is 6.04. The predicted octanol–water partition coefficient (Wildman–Crippen LogP) is 1.87. The molecule has 1 aliphatic rings. The molecule has 0 aliphatic carbocycles. The molecule has 1 aromatic rings. The van der Waals surface area contributed by atoms with Gasteiger partial charge in [0, 0.05) is 5.69 Å². The molecule has 56 valence electrons. The second-order valence-corrected chi connectivity index (χ2v) is 2.59. The number of hydrogen-bond acceptors (Lipinski definition) is 2. The van der Waals surface area contributed by atoms with Crippen LogP contribution in [0.3, 0.4) is 0 Å². The minimum absolute atomic E-state index is 0.334.